The third-order valence-corrected chi connectivity index (χ3v) is 4.91. The molecule has 0 aliphatic rings. The molecule has 33 heavy (non-hydrogen) atoms. The van der Waals surface area contributed by atoms with Crippen molar-refractivity contribution < 1.29 is 33.0 Å². The monoisotopic (exact) mass is 455 g/mol. The van der Waals surface area contributed by atoms with Crippen LogP contribution in [0.3, 0.4) is 0 Å². The minimum absolute atomic E-state index is 0.0129. The molecule has 3 rings (SSSR count). The van der Waals surface area contributed by atoms with Crippen molar-refractivity contribution >= 4 is 22.8 Å². The highest BCUT2D eigenvalue weighted by molar-refractivity contribution is 5.87. The van der Waals surface area contributed by atoms with Crippen molar-refractivity contribution in [3.8, 4) is 17.2 Å². The van der Waals surface area contributed by atoms with Crippen LogP contribution in [0.2, 0.25) is 0 Å². The lowest BCUT2D eigenvalue weighted by atomic mass is 10.1. The predicted octanol–water partition coefficient (Wildman–Crippen LogP) is 3.68. The molecule has 0 bridgehead atoms. The molecule has 0 spiro atoms. The predicted molar refractivity (Wildman–Crippen MR) is 123 cm³/mol. The van der Waals surface area contributed by atoms with Gasteiger partial charge in [0.25, 0.3) is 5.91 Å². The van der Waals surface area contributed by atoms with E-state index in [1.54, 1.807) is 19.2 Å². The summed E-state index contributed by atoms with van der Waals surface area (Å²) in [6.07, 6.45) is 2.13. The van der Waals surface area contributed by atoms with Crippen LogP contribution >= 0.6 is 0 Å². The molecule has 176 valence electrons. The highest BCUT2D eigenvalue weighted by Gasteiger charge is 2.14. The second-order valence-corrected chi connectivity index (χ2v) is 7.21. The highest BCUT2D eigenvalue weighted by atomic mass is 16.5. The second-order valence-electron chi connectivity index (χ2n) is 7.21. The van der Waals surface area contributed by atoms with Gasteiger partial charge >= 0.3 is 5.97 Å². The van der Waals surface area contributed by atoms with E-state index in [2.05, 4.69) is 5.32 Å². The molecule has 1 aromatic heterocycles. The van der Waals surface area contributed by atoms with E-state index >= 15 is 0 Å². The van der Waals surface area contributed by atoms with Crippen molar-refractivity contribution in [2.24, 2.45) is 0 Å². The molecule has 0 saturated heterocycles. The topological polar surface area (TPSA) is 96.2 Å². The van der Waals surface area contributed by atoms with Crippen LogP contribution in [0.15, 0.2) is 47.1 Å². The summed E-state index contributed by atoms with van der Waals surface area (Å²) in [5.41, 5.74) is 2.32. The number of fused-ring (bicyclic) bond motifs is 1. The van der Waals surface area contributed by atoms with Crippen LogP contribution < -0.4 is 19.5 Å². The first-order valence-corrected chi connectivity index (χ1v) is 10.9. The quantitative estimate of drug-likeness (QED) is 0.416. The number of carbonyl (C=O) groups excluding carboxylic acids is 2. The fourth-order valence-electron chi connectivity index (χ4n) is 3.33. The SMILES string of the molecule is CCOc1ccc(CCNC(=O)COC(=O)Cc2coc3cc(OC)ccc23)cc1OCC. The van der Waals surface area contributed by atoms with E-state index in [9.17, 15) is 9.59 Å². The molecule has 0 radical (unpaired) electrons. The van der Waals surface area contributed by atoms with Crippen molar-refractivity contribution in [3.63, 3.8) is 0 Å². The summed E-state index contributed by atoms with van der Waals surface area (Å²) >= 11 is 0. The van der Waals surface area contributed by atoms with Crippen LogP contribution in [0.25, 0.3) is 11.0 Å². The molecule has 1 amide bonds. The Balaban J connectivity index is 1.43. The van der Waals surface area contributed by atoms with Crippen molar-refractivity contribution in [1.29, 1.82) is 0 Å². The summed E-state index contributed by atoms with van der Waals surface area (Å²) in [5, 5.41) is 3.56. The Labute approximate surface area is 192 Å². The van der Waals surface area contributed by atoms with Gasteiger partial charge in [0.1, 0.15) is 11.3 Å². The van der Waals surface area contributed by atoms with Crippen molar-refractivity contribution in [3.05, 3.63) is 53.8 Å². The number of benzene rings is 2. The van der Waals surface area contributed by atoms with Gasteiger partial charge in [-0.2, -0.15) is 0 Å². The molecule has 0 aliphatic heterocycles. The maximum Gasteiger partial charge on any atom is 0.310 e. The normalized spacial score (nSPS) is 10.6. The van der Waals surface area contributed by atoms with Gasteiger partial charge in [0.2, 0.25) is 0 Å². The van der Waals surface area contributed by atoms with Gasteiger partial charge in [-0.3, -0.25) is 9.59 Å². The molecule has 0 fully saturated rings. The summed E-state index contributed by atoms with van der Waals surface area (Å²) < 4.78 is 26.9. The molecule has 1 N–H and O–H groups in total. The van der Waals surface area contributed by atoms with Gasteiger partial charge in [-0.15, -0.1) is 0 Å². The summed E-state index contributed by atoms with van der Waals surface area (Å²) in [4.78, 5) is 24.2. The molecular weight excluding hydrogens is 426 g/mol. The van der Waals surface area contributed by atoms with Gasteiger partial charge in [0.15, 0.2) is 18.1 Å². The highest BCUT2D eigenvalue weighted by Crippen LogP contribution is 2.29. The number of methoxy groups -OCH3 is 1. The fraction of sp³-hybridized carbons (Fsp3) is 0.360. The smallest absolute Gasteiger partial charge is 0.310 e. The third-order valence-electron chi connectivity index (χ3n) is 4.91. The fourth-order valence-corrected chi connectivity index (χ4v) is 3.33. The first kappa shape index (κ1) is 24.0. The summed E-state index contributed by atoms with van der Waals surface area (Å²) in [6, 6.07) is 11.1. The summed E-state index contributed by atoms with van der Waals surface area (Å²) in [7, 11) is 1.57. The zero-order valence-electron chi connectivity index (χ0n) is 19.1. The Kier molecular flexibility index (Phi) is 8.57. The van der Waals surface area contributed by atoms with Gasteiger partial charge in [-0.05, 0) is 50.1 Å². The zero-order chi connectivity index (χ0) is 23.6. The molecule has 1 heterocycles. The number of nitrogens with one attached hydrogen (secondary N) is 1. The van der Waals surface area contributed by atoms with Crippen LogP contribution in [0.1, 0.15) is 25.0 Å². The average Bonchev–Trinajstić information content (AvgIpc) is 3.21. The van der Waals surface area contributed by atoms with E-state index in [0.29, 0.717) is 54.6 Å². The van der Waals surface area contributed by atoms with E-state index in [-0.39, 0.29) is 18.9 Å². The van der Waals surface area contributed by atoms with E-state index in [4.69, 9.17) is 23.4 Å². The van der Waals surface area contributed by atoms with Gasteiger partial charge < -0.3 is 28.7 Å². The first-order valence-electron chi connectivity index (χ1n) is 10.9. The second kappa shape index (κ2) is 11.8. The molecule has 0 saturated carbocycles. The van der Waals surface area contributed by atoms with Crippen molar-refractivity contribution in [1.82, 2.24) is 5.32 Å². The van der Waals surface area contributed by atoms with Crippen LogP contribution in [0.4, 0.5) is 0 Å². The maximum atomic E-state index is 12.2. The maximum absolute atomic E-state index is 12.2. The molecule has 0 aliphatic carbocycles. The number of rotatable bonds is 12. The van der Waals surface area contributed by atoms with Crippen LogP contribution in [-0.2, 0) is 27.2 Å². The Hall–Kier alpha value is -3.68. The lowest BCUT2D eigenvalue weighted by molar-refractivity contribution is -0.147. The number of carbonyl (C=O) groups is 2. The third kappa shape index (κ3) is 6.65. The largest absolute Gasteiger partial charge is 0.497 e. The van der Waals surface area contributed by atoms with Gasteiger partial charge in [0, 0.05) is 23.6 Å². The summed E-state index contributed by atoms with van der Waals surface area (Å²) in [5.74, 6) is 1.19. The first-order chi connectivity index (χ1) is 16.0. The van der Waals surface area contributed by atoms with Crippen molar-refractivity contribution in [2.75, 3.05) is 33.5 Å². The Bertz CT molecular complexity index is 1090. The zero-order valence-corrected chi connectivity index (χ0v) is 19.1. The number of furan rings is 1. The van der Waals surface area contributed by atoms with Gasteiger partial charge in [0.05, 0.1) is 33.0 Å². The van der Waals surface area contributed by atoms with Crippen molar-refractivity contribution in [2.45, 2.75) is 26.7 Å². The molecule has 2 aromatic carbocycles. The Morgan fingerprint density at radius 2 is 1.79 bits per heavy atom. The standard InChI is InChI=1S/C25H29NO7/c1-4-30-21-9-6-17(12-23(21)31-5-2)10-11-26-24(27)16-33-25(28)13-18-15-32-22-14-19(29-3)7-8-20(18)22/h6-9,12,14-15H,4-5,10-11,13,16H2,1-3H3,(H,26,27). The molecule has 0 unspecified atom stereocenters. The van der Waals surface area contributed by atoms with E-state index in [1.165, 1.54) is 6.26 Å². The number of esters is 1. The van der Waals surface area contributed by atoms with E-state index in [0.717, 1.165) is 10.9 Å². The minimum Gasteiger partial charge on any atom is -0.497 e. The molecule has 0 atom stereocenters. The molecule has 8 nitrogen and oxygen atoms in total. The van der Waals surface area contributed by atoms with Gasteiger partial charge in [-0.25, -0.2) is 0 Å². The number of hydrogen-bond donors (Lipinski definition) is 1. The molecule has 3 aromatic rings. The average molecular weight is 456 g/mol. The lowest BCUT2D eigenvalue weighted by Crippen LogP contribution is -2.30. The minimum atomic E-state index is -0.503. The van der Waals surface area contributed by atoms with Crippen LogP contribution in [0, 0.1) is 0 Å². The van der Waals surface area contributed by atoms with Crippen LogP contribution in [-0.4, -0.2) is 45.4 Å². The van der Waals surface area contributed by atoms with E-state index in [1.807, 2.05) is 38.1 Å². The molecule has 8 heteroatoms. The van der Waals surface area contributed by atoms with E-state index < -0.39 is 5.97 Å². The lowest BCUT2D eigenvalue weighted by Gasteiger charge is -2.12. The van der Waals surface area contributed by atoms with Gasteiger partial charge in [-0.1, -0.05) is 6.07 Å². The summed E-state index contributed by atoms with van der Waals surface area (Å²) in [6.45, 7) is 4.99. The van der Waals surface area contributed by atoms with Crippen LogP contribution in [0.5, 0.6) is 17.2 Å². The number of amides is 1. The molecular formula is C25H29NO7. The number of ether oxygens (including phenoxy) is 4. The Morgan fingerprint density at radius 1 is 1.00 bits per heavy atom. The number of hydrogen-bond acceptors (Lipinski definition) is 7. The Morgan fingerprint density at radius 3 is 2.55 bits per heavy atom.